The summed E-state index contributed by atoms with van der Waals surface area (Å²) in [7, 11) is 0. The molecule has 0 aliphatic carbocycles. The smallest absolute Gasteiger partial charge is 0.122 e. The Morgan fingerprint density at radius 1 is 1.33 bits per heavy atom. The molecule has 0 aromatic heterocycles. The van der Waals surface area contributed by atoms with Crippen molar-refractivity contribution >= 4 is 5.69 Å². The molecule has 84 valence electrons. The van der Waals surface area contributed by atoms with Gasteiger partial charge in [0.15, 0.2) is 0 Å². The lowest BCUT2D eigenvalue weighted by Gasteiger charge is -2.13. The molecule has 0 aliphatic rings. The fourth-order valence-corrected chi connectivity index (χ4v) is 1.21. The molecule has 1 aromatic carbocycles. The normalized spacial score (nSPS) is 12.5. The van der Waals surface area contributed by atoms with Gasteiger partial charge in [-0.25, -0.2) is 0 Å². The molecule has 4 nitrogen and oxygen atoms in total. The van der Waals surface area contributed by atoms with Gasteiger partial charge in [-0.05, 0) is 37.1 Å². The van der Waals surface area contributed by atoms with Crippen LogP contribution in [-0.2, 0) is 0 Å². The Hall–Kier alpha value is -1.26. The summed E-state index contributed by atoms with van der Waals surface area (Å²) in [5, 5.41) is 17.8. The molecular formula is C11H17NO3. The third kappa shape index (κ3) is 3.11. The third-order valence-electron chi connectivity index (χ3n) is 2.21. The standard InChI is InChI=1S/C11H17NO3/c1-7-4-11(8(2)3-10(7)12)15-6-9(14)5-13/h3-4,9,13-14H,5-6,12H2,1-2H3. The molecule has 1 unspecified atom stereocenters. The van der Waals surface area contributed by atoms with Crippen LogP contribution in [0.3, 0.4) is 0 Å². The van der Waals surface area contributed by atoms with Gasteiger partial charge in [-0.15, -0.1) is 0 Å². The van der Waals surface area contributed by atoms with Crippen LogP contribution in [0.15, 0.2) is 12.1 Å². The fourth-order valence-electron chi connectivity index (χ4n) is 1.21. The van der Waals surface area contributed by atoms with E-state index in [0.717, 1.165) is 16.8 Å². The van der Waals surface area contributed by atoms with Crippen LogP contribution < -0.4 is 10.5 Å². The first-order chi connectivity index (χ1) is 7.04. The number of aliphatic hydroxyl groups excluding tert-OH is 2. The molecule has 0 saturated carbocycles. The molecule has 4 heteroatoms. The van der Waals surface area contributed by atoms with Crippen LogP contribution >= 0.6 is 0 Å². The Morgan fingerprint density at radius 3 is 2.60 bits per heavy atom. The number of anilines is 1. The lowest BCUT2D eigenvalue weighted by atomic mass is 10.1. The Kier molecular flexibility index (Phi) is 3.94. The molecule has 1 aromatic rings. The van der Waals surface area contributed by atoms with E-state index < -0.39 is 6.10 Å². The van der Waals surface area contributed by atoms with Crippen molar-refractivity contribution in [2.45, 2.75) is 20.0 Å². The second-order valence-electron chi connectivity index (χ2n) is 3.62. The second kappa shape index (κ2) is 5.00. The fraction of sp³-hybridized carbons (Fsp3) is 0.455. The number of hydrogen-bond donors (Lipinski definition) is 3. The van der Waals surface area contributed by atoms with Gasteiger partial charge in [0, 0.05) is 5.69 Å². The number of nitrogens with two attached hydrogens (primary N) is 1. The third-order valence-corrected chi connectivity index (χ3v) is 2.21. The van der Waals surface area contributed by atoms with E-state index in [2.05, 4.69) is 0 Å². The van der Waals surface area contributed by atoms with Crippen molar-refractivity contribution < 1.29 is 14.9 Å². The van der Waals surface area contributed by atoms with Crippen LogP contribution in [0, 0.1) is 13.8 Å². The highest BCUT2D eigenvalue weighted by molar-refractivity contribution is 5.53. The number of hydrogen-bond acceptors (Lipinski definition) is 4. The lowest BCUT2D eigenvalue weighted by molar-refractivity contribution is 0.0534. The minimum atomic E-state index is -0.845. The highest BCUT2D eigenvalue weighted by Gasteiger charge is 2.06. The van der Waals surface area contributed by atoms with Crippen molar-refractivity contribution in [3.05, 3.63) is 23.3 Å². The van der Waals surface area contributed by atoms with Crippen LogP contribution in [0.25, 0.3) is 0 Å². The molecule has 0 bridgehead atoms. The topological polar surface area (TPSA) is 75.7 Å². The molecule has 0 aliphatic heterocycles. The quantitative estimate of drug-likeness (QED) is 0.638. The van der Waals surface area contributed by atoms with Gasteiger partial charge < -0.3 is 20.7 Å². The second-order valence-corrected chi connectivity index (χ2v) is 3.62. The lowest BCUT2D eigenvalue weighted by Crippen LogP contribution is -2.21. The first-order valence-electron chi connectivity index (χ1n) is 4.83. The van der Waals surface area contributed by atoms with E-state index in [-0.39, 0.29) is 13.2 Å². The van der Waals surface area contributed by atoms with Crippen LogP contribution in [0.4, 0.5) is 5.69 Å². The van der Waals surface area contributed by atoms with E-state index in [0.29, 0.717) is 5.75 Å². The molecule has 0 amide bonds. The average Bonchev–Trinajstić information content (AvgIpc) is 2.21. The van der Waals surface area contributed by atoms with Crippen molar-refractivity contribution in [1.29, 1.82) is 0 Å². The maximum absolute atomic E-state index is 9.13. The van der Waals surface area contributed by atoms with Crippen LogP contribution in [-0.4, -0.2) is 29.5 Å². The van der Waals surface area contributed by atoms with E-state index in [9.17, 15) is 0 Å². The van der Waals surface area contributed by atoms with Crippen molar-refractivity contribution in [2.24, 2.45) is 0 Å². The number of aliphatic hydroxyl groups is 2. The molecular weight excluding hydrogens is 194 g/mol. The van der Waals surface area contributed by atoms with Gasteiger partial charge in [-0.3, -0.25) is 0 Å². The van der Waals surface area contributed by atoms with Gasteiger partial charge in [-0.1, -0.05) is 0 Å². The molecule has 0 fully saturated rings. The molecule has 1 atom stereocenters. The summed E-state index contributed by atoms with van der Waals surface area (Å²) in [6.45, 7) is 3.56. The van der Waals surface area contributed by atoms with Gasteiger partial charge in [-0.2, -0.15) is 0 Å². The van der Waals surface area contributed by atoms with Gasteiger partial charge in [0.05, 0.1) is 6.61 Å². The Balaban J connectivity index is 2.73. The highest BCUT2D eigenvalue weighted by atomic mass is 16.5. The molecule has 4 N–H and O–H groups in total. The van der Waals surface area contributed by atoms with Crippen molar-refractivity contribution in [1.82, 2.24) is 0 Å². The molecule has 0 saturated heterocycles. The number of rotatable bonds is 4. The Bertz CT molecular complexity index is 339. The zero-order chi connectivity index (χ0) is 11.4. The summed E-state index contributed by atoms with van der Waals surface area (Å²) in [5.41, 5.74) is 8.31. The number of nitrogen functional groups attached to an aromatic ring is 1. The SMILES string of the molecule is Cc1cc(OCC(O)CO)c(C)cc1N. The predicted octanol–water partition coefficient (Wildman–Crippen LogP) is 0.618. The van der Waals surface area contributed by atoms with Crippen LogP contribution in [0.5, 0.6) is 5.75 Å². The largest absolute Gasteiger partial charge is 0.491 e. The minimum absolute atomic E-state index is 0.0840. The minimum Gasteiger partial charge on any atom is -0.491 e. The van der Waals surface area contributed by atoms with E-state index in [1.807, 2.05) is 26.0 Å². The molecule has 15 heavy (non-hydrogen) atoms. The predicted molar refractivity (Wildman–Crippen MR) is 58.9 cm³/mol. The van der Waals surface area contributed by atoms with Crippen LogP contribution in [0.1, 0.15) is 11.1 Å². The molecule has 0 heterocycles. The van der Waals surface area contributed by atoms with E-state index >= 15 is 0 Å². The Labute approximate surface area is 89.3 Å². The zero-order valence-corrected chi connectivity index (χ0v) is 9.03. The van der Waals surface area contributed by atoms with Crippen molar-refractivity contribution in [2.75, 3.05) is 18.9 Å². The number of ether oxygens (including phenoxy) is 1. The summed E-state index contributed by atoms with van der Waals surface area (Å²) in [5.74, 6) is 0.689. The summed E-state index contributed by atoms with van der Waals surface area (Å²) < 4.78 is 5.36. The summed E-state index contributed by atoms with van der Waals surface area (Å²) in [6.07, 6.45) is -0.845. The highest BCUT2D eigenvalue weighted by Crippen LogP contribution is 2.24. The van der Waals surface area contributed by atoms with E-state index in [4.69, 9.17) is 20.7 Å². The van der Waals surface area contributed by atoms with Gasteiger partial charge >= 0.3 is 0 Å². The van der Waals surface area contributed by atoms with Gasteiger partial charge in [0.2, 0.25) is 0 Å². The monoisotopic (exact) mass is 211 g/mol. The summed E-state index contributed by atoms with van der Waals surface area (Å²) in [6, 6.07) is 3.66. The number of benzene rings is 1. The summed E-state index contributed by atoms with van der Waals surface area (Å²) >= 11 is 0. The van der Waals surface area contributed by atoms with Gasteiger partial charge in [0.1, 0.15) is 18.5 Å². The van der Waals surface area contributed by atoms with Crippen LogP contribution in [0.2, 0.25) is 0 Å². The first-order valence-corrected chi connectivity index (χ1v) is 4.83. The molecule has 1 rings (SSSR count). The zero-order valence-electron chi connectivity index (χ0n) is 9.03. The molecule has 0 radical (unpaired) electrons. The maximum Gasteiger partial charge on any atom is 0.122 e. The average molecular weight is 211 g/mol. The summed E-state index contributed by atoms with van der Waals surface area (Å²) in [4.78, 5) is 0. The first kappa shape index (κ1) is 11.8. The Morgan fingerprint density at radius 2 is 2.00 bits per heavy atom. The van der Waals surface area contributed by atoms with E-state index in [1.54, 1.807) is 0 Å². The molecule has 0 spiro atoms. The van der Waals surface area contributed by atoms with E-state index in [1.165, 1.54) is 0 Å². The maximum atomic E-state index is 9.13. The number of aryl methyl sites for hydroxylation is 2. The van der Waals surface area contributed by atoms with Crippen molar-refractivity contribution in [3.8, 4) is 5.75 Å². The van der Waals surface area contributed by atoms with Crippen molar-refractivity contribution in [3.63, 3.8) is 0 Å². The van der Waals surface area contributed by atoms with Gasteiger partial charge in [0.25, 0.3) is 0 Å².